The Morgan fingerprint density at radius 2 is 2.12 bits per heavy atom. The molecular weight excluding hydrogens is 204 g/mol. The summed E-state index contributed by atoms with van der Waals surface area (Å²) in [6, 6.07) is 5.79. The number of methoxy groups -OCH3 is 1. The van der Waals surface area contributed by atoms with Gasteiger partial charge in [-0.15, -0.1) is 0 Å². The maximum atomic E-state index is 10.6. The first-order chi connectivity index (χ1) is 7.56. The monoisotopic (exact) mass is 222 g/mol. The second kappa shape index (κ2) is 5.54. The van der Waals surface area contributed by atoms with Gasteiger partial charge in [-0.05, 0) is 29.5 Å². The summed E-state index contributed by atoms with van der Waals surface area (Å²) in [6.45, 7) is 4.17. The van der Waals surface area contributed by atoms with Crippen LogP contribution in [0.15, 0.2) is 18.2 Å². The molecule has 0 aliphatic carbocycles. The van der Waals surface area contributed by atoms with Gasteiger partial charge in [0, 0.05) is 6.42 Å². The molecule has 88 valence electrons. The minimum atomic E-state index is -0.766. The molecule has 0 aromatic heterocycles. The van der Waals surface area contributed by atoms with Gasteiger partial charge in [0.05, 0.1) is 7.11 Å². The van der Waals surface area contributed by atoms with Crippen LogP contribution in [0.2, 0.25) is 0 Å². The predicted octanol–water partition coefficient (Wildman–Crippen LogP) is 2.84. The van der Waals surface area contributed by atoms with Crippen molar-refractivity contribution in [1.82, 2.24) is 0 Å². The normalized spacial score (nSPS) is 10.5. The second-order valence-corrected chi connectivity index (χ2v) is 4.08. The third kappa shape index (κ3) is 2.99. The Kier molecular flexibility index (Phi) is 4.35. The fraction of sp³-hybridized carbons (Fsp3) is 0.462. The molecular formula is C13H18O3. The maximum absolute atomic E-state index is 10.6. The highest BCUT2D eigenvalue weighted by Gasteiger charge is 2.13. The SMILES string of the molecule is COc1cccc(CCC(=O)O)c1C(C)C. The molecule has 0 saturated heterocycles. The molecule has 0 unspecified atom stereocenters. The van der Waals surface area contributed by atoms with E-state index in [1.807, 2.05) is 18.2 Å². The van der Waals surface area contributed by atoms with E-state index in [1.54, 1.807) is 7.11 Å². The first-order valence-electron chi connectivity index (χ1n) is 5.43. The predicted molar refractivity (Wildman–Crippen MR) is 63.0 cm³/mol. The van der Waals surface area contributed by atoms with Crippen LogP contribution in [0.4, 0.5) is 0 Å². The van der Waals surface area contributed by atoms with Crippen molar-refractivity contribution in [2.45, 2.75) is 32.6 Å². The zero-order valence-electron chi connectivity index (χ0n) is 9.99. The molecule has 0 bridgehead atoms. The molecule has 0 atom stereocenters. The van der Waals surface area contributed by atoms with E-state index in [2.05, 4.69) is 13.8 Å². The van der Waals surface area contributed by atoms with Crippen LogP contribution in [-0.4, -0.2) is 18.2 Å². The van der Waals surface area contributed by atoms with Gasteiger partial charge in [0.25, 0.3) is 0 Å². The molecule has 0 aliphatic heterocycles. The first-order valence-corrected chi connectivity index (χ1v) is 5.43. The number of carboxylic acids is 1. The van der Waals surface area contributed by atoms with Crippen molar-refractivity contribution in [3.8, 4) is 5.75 Å². The fourth-order valence-electron chi connectivity index (χ4n) is 1.88. The van der Waals surface area contributed by atoms with Crippen LogP contribution in [0.5, 0.6) is 5.75 Å². The molecule has 3 nitrogen and oxygen atoms in total. The number of aryl methyl sites for hydroxylation is 1. The summed E-state index contributed by atoms with van der Waals surface area (Å²) in [5.41, 5.74) is 2.18. The minimum absolute atomic E-state index is 0.160. The zero-order valence-corrected chi connectivity index (χ0v) is 9.99. The number of carbonyl (C=O) groups is 1. The summed E-state index contributed by atoms with van der Waals surface area (Å²) in [7, 11) is 1.64. The molecule has 0 spiro atoms. The molecule has 1 aromatic carbocycles. The van der Waals surface area contributed by atoms with Gasteiger partial charge in [-0.1, -0.05) is 26.0 Å². The second-order valence-electron chi connectivity index (χ2n) is 4.08. The average Bonchev–Trinajstić information content (AvgIpc) is 2.25. The number of rotatable bonds is 5. The van der Waals surface area contributed by atoms with Gasteiger partial charge in [-0.2, -0.15) is 0 Å². The molecule has 0 heterocycles. The van der Waals surface area contributed by atoms with Crippen LogP contribution in [0.25, 0.3) is 0 Å². The smallest absolute Gasteiger partial charge is 0.303 e. The Labute approximate surface area is 96.1 Å². The summed E-state index contributed by atoms with van der Waals surface area (Å²) in [5, 5.41) is 8.70. The molecule has 0 amide bonds. The van der Waals surface area contributed by atoms with Crippen LogP contribution >= 0.6 is 0 Å². The zero-order chi connectivity index (χ0) is 12.1. The van der Waals surface area contributed by atoms with Gasteiger partial charge in [0.15, 0.2) is 0 Å². The lowest BCUT2D eigenvalue weighted by Gasteiger charge is -2.16. The third-order valence-electron chi connectivity index (χ3n) is 2.56. The van der Waals surface area contributed by atoms with Gasteiger partial charge in [0.1, 0.15) is 5.75 Å². The van der Waals surface area contributed by atoms with Crippen molar-refractivity contribution in [2.75, 3.05) is 7.11 Å². The molecule has 0 radical (unpaired) electrons. The molecule has 3 heteroatoms. The van der Waals surface area contributed by atoms with Crippen LogP contribution in [0, 0.1) is 0 Å². The quantitative estimate of drug-likeness (QED) is 0.833. The number of aliphatic carboxylic acids is 1. The number of benzene rings is 1. The average molecular weight is 222 g/mol. The Hall–Kier alpha value is -1.51. The summed E-state index contributed by atoms with van der Waals surface area (Å²) >= 11 is 0. The first kappa shape index (κ1) is 12.6. The summed E-state index contributed by atoms with van der Waals surface area (Å²) in [6.07, 6.45) is 0.715. The minimum Gasteiger partial charge on any atom is -0.496 e. The Morgan fingerprint density at radius 1 is 1.44 bits per heavy atom. The molecule has 16 heavy (non-hydrogen) atoms. The van der Waals surface area contributed by atoms with Crippen LogP contribution < -0.4 is 4.74 Å². The lowest BCUT2D eigenvalue weighted by atomic mass is 9.93. The lowest BCUT2D eigenvalue weighted by molar-refractivity contribution is -0.136. The van der Waals surface area contributed by atoms with Gasteiger partial charge < -0.3 is 9.84 Å². The van der Waals surface area contributed by atoms with E-state index in [4.69, 9.17) is 9.84 Å². The van der Waals surface area contributed by atoms with Crippen LogP contribution in [0.3, 0.4) is 0 Å². The molecule has 1 rings (SSSR count). The maximum Gasteiger partial charge on any atom is 0.303 e. The van der Waals surface area contributed by atoms with Gasteiger partial charge >= 0.3 is 5.97 Å². The molecule has 0 aliphatic rings. The Balaban J connectivity index is 3.02. The van der Waals surface area contributed by atoms with Crippen LogP contribution in [0.1, 0.15) is 37.3 Å². The topological polar surface area (TPSA) is 46.5 Å². The van der Waals surface area contributed by atoms with Crippen molar-refractivity contribution in [1.29, 1.82) is 0 Å². The third-order valence-corrected chi connectivity index (χ3v) is 2.56. The highest BCUT2D eigenvalue weighted by molar-refractivity contribution is 5.67. The van der Waals surface area contributed by atoms with Gasteiger partial charge in [0.2, 0.25) is 0 Å². The van der Waals surface area contributed by atoms with Gasteiger partial charge in [-0.25, -0.2) is 0 Å². The molecule has 1 aromatic rings. The summed E-state index contributed by atoms with van der Waals surface area (Å²) in [5.74, 6) is 0.412. The van der Waals surface area contributed by atoms with E-state index in [1.165, 1.54) is 0 Å². The van der Waals surface area contributed by atoms with E-state index >= 15 is 0 Å². The standard InChI is InChI=1S/C13H18O3/c1-9(2)13-10(7-8-12(14)15)5-4-6-11(13)16-3/h4-6,9H,7-8H2,1-3H3,(H,14,15). The van der Waals surface area contributed by atoms with E-state index in [9.17, 15) is 4.79 Å². The van der Waals surface area contributed by atoms with Crippen molar-refractivity contribution in [3.63, 3.8) is 0 Å². The largest absolute Gasteiger partial charge is 0.496 e. The fourth-order valence-corrected chi connectivity index (χ4v) is 1.88. The van der Waals surface area contributed by atoms with Gasteiger partial charge in [-0.3, -0.25) is 4.79 Å². The van der Waals surface area contributed by atoms with Crippen molar-refractivity contribution >= 4 is 5.97 Å². The number of hydrogen-bond acceptors (Lipinski definition) is 2. The molecule has 0 saturated carbocycles. The number of hydrogen-bond donors (Lipinski definition) is 1. The molecule has 0 fully saturated rings. The highest BCUT2D eigenvalue weighted by atomic mass is 16.5. The van der Waals surface area contributed by atoms with Crippen LogP contribution in [-0.2, 0) is 11.2 Å². The van der Waals surface area contributed by atoms with Crippen molar-refractivity contribution in [3.05, 3.63) is 29.3 Å². The van der Waals surface area contributed by atoms with Crippen molar-refractivity contribution in [2.24, 2.45) is 0 Å². The highest BCUT2D eigenvalue weighted by Crippen LogP contribution is 2.30. The van der Waals surface area contributed by atoms with Crippen molar-refractivity contribution < 1.29 is 14.6 Å². The summed E-state index contributed by atoms with van der Waals surface area (Å²) < 4.78 is 5.31. The van der Waals surface area contributed by atoms with E-state index in [0.29, 0.717) is 12.3 Å². The van der Waals surface area contributed by atoms with E-state index < -0.39 is 5.97 Å². The molecule has 1 N–H and O–H groups in total. The number of carboxylic acid groups (broad SMARTS) is 1. The lowest BCUT2D eigenvalue weighted by Crippen LogP contribution is -2.03. The van der Waals surface area contributed by atoms with E-state index in [-0.39, 0.29) is 6.42 Å². The van der Waals surface area contributed by atoms with E-state index in [0.717, 1.165) is 16.9 Å². The Bertz CT molecular complexity index is 369. The Morgan fingerprint density at radius 3 is 2.62 bits per heavy atom. The summed E-state index contributed by atoms with van der Waals surface area (Å²) in [4.78, 5) is 10.6. The number of ether oxygens (including phenoxy) is 1.